The predicted molar refractivity (Wildman–Crippen MR) is 94.5 cm³/mol. The summed E-state index contributed by atoms with van der Waals surface area (Å²) >= 11 is 0. The summed E-state index contributed by atoms with van der Waals surface area (Å²) in [5, 5.41) is 0. The van der Waals surface area contributed by atoms with Crippen LogP contribution in [0.4, 0.5) is 0 Å². The maximum atomic E-state index is 12.0. The molecule has 128 valence electrons. The van der Waals surface area contributed by atoms with Gasteiger partial charge in [0.25, 0.3) is 0 Å². The third-order valence-corrected chi connectivity index (χ3v) is 4.40. The van der Waals surface area contributed by atoms with Crippen LogP contribution in [-0.2, 0) is 11.3 Å². The van der Waals surface area contributed by atoms with Gasteiger partial charge in [-0.1, -0.05) is 31.9 Å². The van der Waals surface area contributed by atoms with E-state index in [-0.39, 0.29) is 5.97 Å². The molecule has 1 heterocycles. The molecular weight excluding hydrogens is 286 g/mol. The molecule has 0 unspecified atom stereocenters. The number of nitrogens with zero attached hydrogens (tertiary/aromatic N) is 1. The Kier molecular flexibility index (Phi) is 6.23. The Morgan fingerprint density at radius 2 is 1.78 bits per heavy atom. The summed E-state index contributed by atoms with van der Waals surface area (Å²) in [6, 6.07) is 7.87. The lowest BCUT2D eigenvalue weighted by atomic mass is 9.92. The summed E-state index contributed by atoms with van der Waals surface area (Å²) < 4.78 is 5.40. The maximum Gasteiger partial charge on any atom is 0.338 e. The fraction of sp³-hybridized carbons (Fsp3) is 0.650. The summed E-state index contributed by atoms with van der Waals surface area (Å²) in [5.74, 6) is 0.676. The minimum absolute atomic E-state index is 0.246. The zero-order valence-electron chi connectivity index (χ0n) is 15.1. The molecule has 1 aliphatic rings. The van der Waals surface area contributed by atoms with Crippen LogP contribution in [0.1, 0.15) is 69.3 Å². The zero-order valence-corrected chi connectivity index (χ0v) is 15.1. The largest absolute Gasteiger partial charge is 0.456 e. The minimum atomic E-state index is -0.446. The van der Waals surface area contributed by atoms with E-state index in [4.69, 9.17) is 4.74 Å². The fourth-order valence-corrected chi connectivity index (χ4v) is 3.18. The molecule has 1 aromatic rings. The van der Waals surface area contributed by atoms with Gasteiger partial charge in [-0.25, -0.2) is 4.79 Å². The molecule has 1 aromatic carbocycles. The molecule has 0 amide bonds. The van der Waals surface area contributed by atoms with E-state index >= 15 is 0 Å². The number of carbonyl (C=O) groups excluding carboxylic acids is 1. The Bertz CT molecular complexity index is 493. The molecule has 1 aliphatic heterocycles. The molecule has 23 heavy (non-hydrogen) atoms. The number of likely N-dealkylation sites (tertiary alicyclic amines) is 1. The minimum Gasteiger partial charge on any atom is -0.456 e. The first-order chi connectivity index (χ1) is 10.9. The second-order valence-corrected chi connectivity index (χ2v) is 7.71. The molecule has 3 heteroatoms. The number of esters is 1. The first kappa shape index (κ1) is 18.0. The summed E-state index contributed by atoms with van der Waals surface area (Å²) in [4.78, 5) is 14.5. The van der Waals surface area contributed by atoms with E-state index in [2.05, 4.69) is 24.0 Å². The van der Waals surface area contributed by atoms with E-state index in [1.807, 2.05) is 32.9 Å². The lowest BCUT2D eigenvalue weighted by Gasteiger charge is -2.31. The van der Waals surface area contributed by atoms with Gasteiger partial charge in [0.15, 0.2) is 0 Å². The lowest BCUT2D eigenvalue weighted by Crippen LogP contribution is -2.33. The van der Waals surface area contributed by atoms with Gasteiger partial charge in [0, 0.05) is 6.54 Å². The third-order valence-electron chi connectivity index (χ3n) is 4.40. The van der Waals surface area contributed by atoms with E-state index in [0.29, 0.717) is 5.56 Å². The van der Waals surface area contributed by atoms with E-state index in [0.717, 1.165) is 12.5 Å². The van der Waals surface area contributed by atoms with Crippen LogP contribution in [0.25, 0.3) is 0 Å². The Morgan fingerprint density at radius 3 is 2.30 bits per heavy atom. The molecule has 0 saturated carbocycles. The Balaban J connectivity index is 1.85. The maximum absolute atomic E-state index is 12.0. The molecule has 0 aromatic heterocycles. The standard InChI is InChI=1S/C20H31NO2/c1-5-6-16-11-13-21(14-12-16)15-17-7-9-18(10-8-17)19(22)23-20(2,3)4/h7-10,16H,5-6,11-15H2,1-4H3. The molecule has 0 aliphatic carbocycles. The smallest absolute Gasteiger partial charge is 0.338 e. The molecule has 3 nitrogen and oxygen atoms in total. The highest BCUT2D eigenvalue weighted by molar-refractivity contribution is 5.89. The van der Waals surface area contributed by atoms with E-state index in [1.165, 1.54) is 44.3 Å². The van der Waals surface area contributed by atoms with Gasteiger partial charge in [-0.15, -0.1) is 0 Å². The average Bonchev–Trinajstić information content (AvgIpc) is 2.48. The molecule has 0 spiro atoms. The Morgan fingerprint density at radius 1 is 1.17 bits per heavy atom. The molecular formula is C20H31NO2. The van der Waals surface area contributed by atoms with Crippen molar-refractivity contribution in [3.05, 3.63) is 35.4 Å². The SMILES string of the molecule is CCCC1CCN(Cc2ccc(C(=O)OC(C)(C)C)cc2)CC1. The molecule has 2 rings (SSSR count). The van der Waals surface area contributed by atoms with Crippen molar-refractivity contribution in [2.24, 2.45) is 5.92 Å². The van der Waals surface area contributed by atoms with E-state index < -0.39 is 5.60 Å². The monoisotopic (exact) mass is 317 g/mol. The van der Waals surface area contributed by atoms with Crippen molar-refractivity contribution < 1.29 is 9.53 Å². The van der Waals surface area contributed by atoms with Gasteiger partial charge in [0.1, 0.15) is 5.60 Å². The number of ether oxygens (including phenoxy) is 1. The number of rotatable bonds is 5. The highest BCUT2D eigenvalue weighted by Gasteiger charge is 2.19. The summed E-state index contributed by atoms with van der Waals surface area (Å²) in [5.41, 5.74) is 1.45. The zero-order chi connectivity index (χ0) is 16.9. The topological polar surface area (TPSA) is 29.5 Å². The molecule has 0 radical (unpaired) electrons. The average molecular weight is 317 g/mol. The van der Waals surface area contributed by atoms with Crippen LogP contribution in [0, 0.1) is 5.92 Å². The van der Waals surface area contributed by atoms with Gasteiger partial charge in [0.05, 0.1) is 5.56 Å². The second-order valence-electron chi connectivity index (χ2n) is 7.71. The first-order valence-corrected chi connectivity index (χ1v) is 8.92. The number of hydrogen-bond donors (Lipinski definition) is 0. The number of benzene rings is 1. The van der Waals surface area contributed by atoms with Crippen molar-refractivity contribution in [3.8, 4) is 0 Å². The molecule has 0 N–H and O–H groups in total. The lowest BCUT2D eigenvalue weighted by molar-refractivity contribution is 0.00695. The predicted octanol–water partition coefficient (Wildman–Crippen LogP) is 4.65. The van der Waals surface area contributed by atoms with Gasteiger partial charge >= 0.3 is 5.97 Å². The molecule has 1 saturated heterocycles. The van der Waals surface area contributed by atoms with Crippen LogP contribution < -0.4 is 0 Å². The first-order valence-electron chi connectivity index (χ1n) is 8.92. The second kappa shape index (κ2) is 7.96. The van der Waals surface area contributed by atoms with E-state index in [1.54, 1.807) is 0 Å². The van der Waals surface area contributed by atoms with Gasteiger partial charge in [-0.3, -0.25) is 4.90 Å². The van der Waals surface area contributed by atoms with Crippen LogP contribution in [0.5, 0.6) is 0 Å². The van der Waals surface area contributed by atoms with Crippen molar-refractivity contribution >= 4 is 5.97 Å². The van der Waals surface area contributed by atoms with Crippen molar-refractivity contribution in [1.29, 1.82) is 0 Å². The normalized spacial score (nSPS) is 17.2. The summed E-state index contributed by atoms with van der Waals surface area (Å²) in [6.07, 6.45) is 5.32. The summed E-state index contributed by atoms with van der Waals surface area (Å²) in [7, 11) is 0. The number of carbonyl (C=O) groups is 1. The van der Waals surface area contributed by atoms with Crippen molar-refractivity contribution in [1.82, 2.24) is 4.90 Å². The van der Waals surface area contributed by atoms with Gasteiger partial charge in [0.2, 0.25) is 0 Å². The van der Waals surface area contributed by atoms with Crippen LogP contribution in [0.3, 0.4) is 0 Å². The van der Waals surface area contributed by atoms with E-state index in [9.17, 15) is 4.79 Å². The van der Waals surface area contributed by atoms with Crippen LogP contribution in [-0.4, -0.2) is 29.6 Å². The van der Waals surface area contributed by atoms with Crippen LogP contribution in [0.15, 0.2) is 24.3 Å². The third kappa shape index (κ3) is 5.98. The van der Waals surface area contributed by atoms with Crippen molar-refractivity contribution in [2.45, 2.75) is 65.5 Å². The molecule has 0 atom stereocenters. The van der Waals surface area contributed by atoms with Gasteiger partial charge in [-0.2, -0.15) is 0 Å². The highest BCUT2D eigenvalue weighted by Crippen LogP contribution is 2.23. The van der Waals surface area contributed by atoms with Gasteiger partial charge < -0.3 is 4.74 Å². The number of hydrogen-bond acceptors (Lipinski definition) is 3. The van der Waals surface area contributed by atoms with Crippen molar-refractivity contribution in [3.63, 3.8) is 0 Å². The Labute approximate surface area is 141 Å². The van der Waals surface area contributed by atoms with Crippen LogP contribution >= 0.6 is 0 Å². The number of piperidine rings is 1. The van der Waals surface area contributed by atoms with Gasteiger partial charge in [-0.05, 0) is 70.3 Å². The quantitative estimate of drug-likeness (QED) is 0.740. The Hall–Kier alpha value is -1.35. The highest BCUT2D eigenvalue weighted by atomic mass is 16.6. The summed E-state index contributed by atoms with van der Waals surface area (Å²) in [6.45, 7) is 11.3. The molecule has 0 bridgehead atoms. The fourth-order valence-electron chi connectivity index (χ4n) is 3.18. The van der Waals surface area contributed by atoms with Crippen molar-refractivity contribution in [2.75, 3.05) is 13.1 Å². The van der Waals surface area contributed by atoms with Crippen LogP contribution in [0.2, 0.25) is 0 Å². The molecule has 1 fully saturated rings.